The molecule has 0 radical (unpaired) electrons. The van der Waals surface area contributed by atoms with E-state index in [1.54, 1.807) is 42.5 Å². The summed E-state index contributed by atoms with van der Waals surface area (Å²) < 4.78 is 0. The molecule has 0 bridgehead atoms. The maximum Gasteiger partial charge on any atom is 0.178 e. The van der Waals surface area contributed by atoms with Crippen molar-refractivity contribution in [1.29, 1.82) is 0 Å². The summed E-state index contributed by atoms with van der Waals surface area (Å²) in [6.07, 6.45) is 6.57. The number of phenols is 1. The lowest BCUT2D eigenvalue weighted by Gasteiger charge is -1.94. The molecule has 0 aliphatic heterocycles. The molecule has 0 amide bonds. The predicted octanol–water partition coefficient (Wildman–Crippen LogP) is 4.00. The van der Waals surface area contributed by atoms with E-state index in [9.17, 15) is 4.79 Å². The van der Waals surface area contributed by atoms with Crippen LogP contribution in [0.1, 0.15) is 16.7 Å². The van der Waals surface area contributed by atoms with Gasteiger partial charge in [0, 0.05) is 0 Å². The summed E-state index contributed by atoms with van der Waals surface area (Å²) >= 11 is 0. The molecule has 0 unspecified atom stereocenters. The van der Waals surface area contributed by atoms with Gasteiger partial charge in [0.15, 0.2) is 5.78 Å². The molecule has 0 aliphatic carbocycles. The average Bonchev–Trinajstić information content (AvgIpc) is 2.46. The Morgan fingerprint density at radius 2 is 1.30 bits per heavy atom. The van der Waals surface area contributed by atoms with E-state index in [0.717, 1.165) is 11.1 Å². The Balaban J connectivity index is 1.98. The largest absolute Gasteiger partial charge is 0.508 e. The number of allylic oxidation sites excluding steroid dienone is 2. The number of aromatic hydroxyl groups is 1. The lowest BCUT2D eigenvalue weighted by atomic mass is 10.1. The standard InChI is InChI=1S/C18H16O2/c1-14-2-4-15(5-3-14)6-10-17(19)11-7-16-8-12-18(20)13-9-16/h2-13,20H,1H3/b10-6+,11-7+. The van der Waals surface area contributed by atoms with Gasteiger partial charge < -0.3 is 5.11 Å². The maximum atomic E-state index is 11.7. The maximum absolute atomic E-state index is 11.7. The van der Waals surface area contributed by atoms with E-state index in [1.807, 2.05) is 31.2 Å². The summed E-state index contributed by atoms with van der Waals surface area (Å²) in [5.74, 6) is 0.145. The lowest BCUT2D eigenvalue weighted by Crippen LogP contribution is -1.85. The Labute approximate surface area is 118 Å². The Hall–Kier alpha value is -2.61. The highest BCUT2D eigenvalue weighted by Gasteiger charge is 1.92. The highest BCUT2D eigenvalue weighted by atomic mass is 16.3. The van der Waals surface area contributed by atoms with E-state index in [4.69, 9.17) is 5.11 Å². The highest BCUT2D eigenvalue weighted by molar-refractivity contribution is 6.04. The average molecular weight is 264 g/mol. The van der Waals surface area contributed by atoms with Crippen LogP contribution in [-0.4, -0.2) is 10.9 Å². The first-order valence-electron chi connectivity index (χ1n) is 6.39. The summed E-state index contributed by atoms with van der Waals surface area (Å²) in [4.78, 5) is 11.7. The fraction of sp³-hybridized carbons (Fsp3) is 0.0556. The van der Waals surface area contributed by atoms with Crippen LogP contribution in [0, 0.1) is 6.92 Å². The quantitative estimate of drug-likeness (QED) is 0.847. The van der Waals surface area contributed by atoms with Crippen LogP contribution in [0.3, 0.4) is 0 Å². The number of rotatable bonds is 4. The van der Waals surface area contributed by atoms with Crippen LogP contribution in [-0.2, 0) is 4.79 Å². The van der Waals surface area contributed by atoms with Crippen LogP contribution in [0.5, 0.6) is 5.75 Å². The number of carbonyl (C=O) groups is 1. The van der Waals surface area contributed by atoms with Gasteiger partial charge in [-0.25, -0.2) is 0 Å². The molecule has 2 heteroatoms. The third kappa shape index (κ3) is 4.25. The molecule has 2 nitrogen and oxygen atoms in total. The molecule has 0 atom stereocenters. The smallest absolute Gasteiger partial charge is 0.178 e. The van der Waals surface area contributed by atoms with Gasteiger partial charge in [0.2, 0.25) is 0 Å². The molecule has 100 valence electrons. The Morgan fingerprint density at radius 1 is 0.850 bits per heavy atom. The van der Waals surface area contributed by atoms with Crippen LogP contribution < -0.4 is 0 Å². The molecule has 0 heterocycles. The monoisotopic (exact) mass is 264 g/mol. The molecule has 2 rings (SSSR count). The number of ketones is 1. The fourth-order valence-electron chi connectivity index (χ4n) is 1.68. The minimum Gasteiger partial charge on any atom is -0.508 e. The molecule has 2 aromatic carbocycles. The van der Waals surface area contributed by atoms with Crippen molar-refractivity contribution in [1.82, 2.24) is 0 Å². The highest BCUT2D eigenvalue weighted by Crippen LogP contribution is 2.11. The fourth-order valence-corrected chi connectivity index (χ4v) is 1.68. The van der Waals surface area contributed by atoms with Gasteiger partial charge in [-0.2, -0.15) is 0 Å². The van der Waals surface area contributed by atoms with E-state index >= 15 is 0 Å². The summed E-state index contributed by atoms with van der Waals surface area (Å²) in [6.45, 7) is 2.03. The summed E-state index contributed by atoms with van der Waals surface area (Å²) in [7, 11) is 0. The van der Waals surface area contributed by atoms with E-state index in [1.165, 1.54) is 11.6 Å². The van der Waals surface area contributed by atoms with Crippen LogP contribution in [0.2, 0.25) is 0 Å². The second-order valence-corrected chi connectivity index (χ2v) is 4.57. The zero-order valence-electron chi connectivity index (χ0n) is 11.3. The Bertz CT molecular complexity index is 575. The summed E-state index contributed by atoms with van der Waals surface area (Å²) in [5, 5.41) is 9.16. The van der Waals surface area contributed by atoms with Crippen LogP contribution in [0.25, 0.3) is 12.2 Å². The number of hydrogen-bond donors (Lipinski definition) is 1. The normalized spacial score (nSPS) is 11.2. The third-order valence-corrected chi connectivity index (χ3v) is 2.85. The van der Waals surface area contributed by atoms with E-state index in [-0.39, 0.29) is 11.5 Å². The second-order valence-electron chi connectivity index (χ2n) is 4.57. The number of phenolic OH excluding ortho intramolecular Hbond substituents is 1. The number of benzene rings is 2. The van der Waals surface area contributed by atoms with Crippen molar-refractivity contribution < 1.29 is 9.90 Å². The van der Waals surface area contributed by atoms with E-state index in [0.29, 0.717) is 0 Å². The van der Waals surface area contributed by atoms with Gasteiger partial charge in [-0.15, -0.1) is 0 Å². The van der Waals surface area contributed by atoms with Crippen molar-refractivity contribution in [2.45, 2.75) is 6.92 Å². The molecule has 0 saturated carbocycles. The van der Waals surface area contributed by atoms with Gasteiger partial charge in [0.1, 0.15) is 5.75 Å². The van der Waals surface area contributed by atoms with Crippen LogP contribution >= 0.6 is 0 Å². The van der Waals surface area contributed by atoms with E-state index < -0.39 is 0 Å². The second kappa shape index (κ2) is 6.53. The number of aryl methyl sites for hydroxylation is 1. The molecule has 0 aromatic heterocycles. The molecular weight excluding hydrogens is 248 g/mol. The molecule has 0 fully saturated rings. The van der Waals surface area contributed by atoms with Crippen molar-refractivity contribution in [3.05, 3.63) is 77.4 Å². The SMILES string of the molecule is Cc1ccc(/C=C/C(=O)/C=C/c2ccc(O)cc2)cc1. The number of carbonyl (C=O) groups excluding carboxylic acids is 1. The molecule has 0 saturated heterocycles. The minimum absolute atomic E-state index is 0.0707. The first-order valence-corrected chi connectivity index (χ1v) is 6.39. The van der Waals surface area contributed by atoms with Gasteiger partial charge in [0.25, 0.3) is 0 Å². The molecule has 0 aliphatic rings. The van der Waals surface area contributed by atoms with E-state index in [2.05, 4.69) is 0 Å². The first-order chi connectivity index (χ1) is 9.63. The van der Waals surface area contributed by atoms with Gasteiger partial charge in [-0.1, -0.05) is 54.1 Å². The molecule has 0 spiro atoms. The lowest BCUT2D eigenvalue weighted by molar-refractivity contribution is -0.110. The molecule has 2 aromatic rings. The molecule has 1 N–H and O–H groups in total. The van der Waals surface area contributed by atoms with Crippen molar-refractivity contribution in [2.75, 3.05) is 0 Å². The zero-order chi connectivity index (χ0) is 14.4. The molecule has 20 heavy (non-hydrogen) atoms. The number of hydrogen-bond acceptors (Lipinski definition) is 2. The molecular formula is C18H16O2. The third-order valence-electron chi connectivity index (χ3n) is 2.85. The van der Waals surface area contributed by atoms with Crippen LogP contribution in [0.15, 0.2) is 60.7 Å². The van der Waals surface area contributed by atoms with Crippen molar-refractivity contribution in [3.8, 4) is 5.75 Å². The topological polar surface area (TPSA) is 37.3 Å². The predicted molar refractivity (Wildman–Crippen MR) is 82.4 cm³/mol. The van der Waals surface area contributed by atoms with Gasteiger partial charge in [0.05, 0.1) is 0 Å². The first kappa shape index (κ1) is 13.8. The van der Waals surface area contributed by atoms with Crippen LogP contribution in [0.4, 0.5) is 0 Å². The van der Waals surface area contributed by atoms with Gasteiger partial charge >= 0.3 is 0 Å². The summed E-state index contributed by atoms with van der Waals surface area (Å²) in [5.41, 5.74) is 3.07. The van der Waals surface area contributed by atoms with Crippen molar-refractivity contribution in [2.24, 2.45) is 0 Å². The van der Waals surface area contributed by atoms with Gasteiger partial charge in [-0.3, -0.25) is 4.79 Å². The van der Waals surface area contributed by atoms with Gasteiger partial charge in [-0.05, 0) is 42.3 Å². The zero-order valence-corrected chi connectivity index (χ0v) is 11.3. The Morgan fingerprint density at radius 3 is 1.80 bits per heavy atom. The van der Waals surface area contributed by atoms with Crippen molar-refractivity contribution in [3.63, 3.8) is 0 Å². The van der Waals surface area contributed by atoms with Crippen molar-refractivity contribution >= 4 is 17.9 Å². The summed E-state index contributed by atoms with van der Waals surface area (Å²) in [6, 6.07) is 14.7. The minimum atomic E-state index is -0.0707. The Kier molecular flexibility index (Phi) is 4.51.